The number of anilines is 1. The lowest BCUT2D eigenvalue weighted by Gasteiger charge is -2.05. The summed E-state index contributed by atoms with van der Waals surface area (Å²) in [5.74, 6) is -1.69. The molecule has 0 unspecified atom stereocenters. The third kappa shape index (κ3) is 2.36. The average Bonchev–Trinajstić information content (AvgIpc) is 2.67. The Balaban J connectivity index is 2.07. The number of hydrogen-bond donors (Lipinski definition) is 1. The number of hydrogen-bond acceptors (Lipinski definition) is 3. The van der Waals surface area contributed by atoms with E-state index in [0.29, 0.717) is 6.54 Å². The van der Waals surface area contributed by atoms with E-state index < -0.39 is 11.6 Å². The van der Waals surface area contributed by atoms with Crippen LogP contribution >= 0.6 is 11.3 Å². The van der Waals surface area contributed by atoms with Crippen molar-refractivity contribution in [2.75, 3.05) is 5.32 Å². The number of aromatic nitrogens is 1. The molecule has 2 rings (SSSR count). The SMILES string of the molecule is Cc1ncc(CNc2cccc(F)c2F)s1. The van der Waals surface area contributed by atoms with Gasteiger partial charge in [0.2, 0.25) is 0 Å². The zero-order valence-corrected chi connectivity index (χ0v) is 9.44. The number of rotatable bonds is 3. The highest BCUT2D eigenvalue weighted by Gasteiger charge is 2.07. The lowest BCUT2D eigenvalue weighted by Crippen LogP contribution is -2.01. The summed E-state index contributed by atoms with van der Waals surface area (Å²) in [7, 11) is 0. The number of nitrogens with one attached hydrogen (secondary N) is 1. The maximum atomic E-state index is 13.3. The van der Waals surface area contributed by atoms with E-state index in [1.807, 2.05) is 6.92 Å². The first-order valence-corrected chi connectivity index (χ1v) is 5.57. The monoisotopic (exact) mass is 240 g/mol. The molecule has 16 heavy (non-hydrogen) atoms. The molecule has 5 heteroatoms. The van der Waals surface area contributed by atoms with Gasteiger partial charge in [-0.1, -0.05) is 6.07 Å². The highest BCUT2D eigenvalue weighted by atomic mass is 32.1. The molecule has 84 valence electrons. The molecule has 0 aliphatic heterocycles. The van der Waals surface area contributed by atoms with Crippen molar-refractivity contribution >= 4 is 17.0 Å². The third-order valence-electron chi connectivity index (χ3n) is 2.07. The fraction of sp³-hybridized carbons (Fsp3) is 0.182. The topological polar surface area (TPSA) is 24.9 Å². The molecule has 0 aliphatic rings. The largest absolute Gasteiger partial charge is 0.378 e. The molecule has 0 saturated carbocycles. The number of benzene rings is 1. The second kappa shape index (κ2) is 4.57. The molecule has 2 nitrogen and oxygen atoms in total. The van der Waals surface area contributed by atoms with Gasteiger partial charge < -0.3 is 5.32 Å². The molecule has 2 aromatic rings. The summed E-state index contributed by atoms with van der Waals surface area (Å²) in [6.45, 7) is 2.35. The van der Waals surface area contributed by atoms with Gasteiger partial charge in [-0.05, 0) is 19.1 Å². The van der Waals surface area contributed by atoms with Gasteiger partial charge in [0, 0.05) is 11.1 Å². The zero-order valence-electron chi connectivity index (χ0n) is 8.63. The fourth-order valence-corrected chi connectivity index (χ4v) is 2.04. The molecule has 1 aromatic heterocycles. The van der Waals surface area contributed by atoms with Crippen molar-refractivity contribution in [3.63, 3.8) is 0 Å². The summed E-state index contributed by atoms with van der Waals surface area (Å²) in [5, 5.41) is 3.79. The Labute approximate surface area is 96.0 Å². The van der Waals surface area contributed by atoms with E-state index in [1.54, 1.807) is 6.20 Å². The minimum atomic E-state index is -0.844. The molecule has 0 saturated heterocycles. The Bertz CT molecular complexity index is 496. The van der Waals surface area contributed by atoms with Crippen LogP contribution in [-0.2, 0) is 6.54 Å². The van der Waals surface area contributed by atoms with Gasteiger partial charge in [-0.15, -0.1) is 11.3 Å². The van der Waals surface area contributed by atoms with Crippen LogP contribution in [0, 0.1) is 18.6 Å². The zero-order chi connectivity index (χ0) is 11.5. The fourth-order valence-electron chi connectivity index (χ4n) is 1.31. The first kappa shape index (κ1) is 11.0. The molecule has 0 atom stereocenters. The van der Waals surface area contributed by atoms with Crippen molar-refractivity contribution < 1.29 is 8.78 Å². The molecule has 1 heterocycles. The summed E-state index contributed by atoms with van der Waals surface area (Å²) >= 11 is 1.53. The molecule has 0 spiro atoms. The van der Waals surface area contributed by atoms with E-state index in [4.69, 9.17) is 0 Å². The lowest BCUT2D eigenvalue weighted by atomic mass is 10.3. The first-order valence-electron chi connectivity index (χ1n) is 4.76. The summed E-state index contributed by atoms with van der Waals surface area (Å²) in [6, 6.07) is 4.07. The van der Waals surface area contributed by atoms with Crippen LogP contribution in [0.5, 0.6) is 0 Å². The van der Waals surface area contributed by atoms with Crippen LogP contribution in [0.3, 0.4) is 0 Å². The van der Waals surface area contributed by atoms with Crippen LogP contribution < -0.4 is 5.32 Å². The van der Waals surface area contributed by atoms with Gasteiger partial charge in [-0.2, -0.15) is 0 Å². The summed E-state index contributed by atoms with van der Waals surface area (Å²) in [4.78, 5) is 5.07. The average molecular weight is 240 g/mol. The summed E-state index contributed by atoms with van der Waals surface area (Å²) in [6.07, 6.45) is 1.73. The molecule has 0 fully saturated rings. The van der Waals surface area contributed by atoms with Gasteiger partial charge in [0.1, 0.15) is 0 Å². The van der Waals surface area contributed by atoms with E-state index in [9.17, 15) is 8.78 Å². The number of thiazole rings is 1. The highest BCUT2D eigenvalue weighted by molar-refractivity contribution is 7.11. The van der Waals surface area contributed by atoms with E-state index in [-0.39, 0.29) is 5.69 Å². The van der Waals surface area contributed by atoms with Crippen LogP contribution in [0.25, 0.3) is 0 Å². The normalized spacial score (nSPS) is 10.4. The van der Waals surface area contributed by atoms with Crippen molar-refractivity contribution in [3.05, 3.63) is 45.9 Å². The second-order valence-corrected chi connectivity index (χ2v) is 4.62. The molecular weight excluding hydrogens is 230 g/mol. The standard InChI is InChI=1S/C11H10F2N2S/c1-7-14-5-8(16-7)6-15-10-4-2-3-9(12)11(10)13/h2-5,15H,6H2,1H3. The predicted octanol–water partition coefficient (Wildman–Crippen LogP) is 3.34. The van der Waals surface area contributed by atoms with Crippen molar-refractivity contribution in [1.29, 1.82) is 0 Å². The lowest BCUT2D eigenvalue weighted by molar-refractivity contribution is 0.511. The number of nitrogens with zero attached hydrogens (tertiary/aromatic N) is 1. The quantitative estimate of drug-likeness (QED) is 0.890. The Morgan fingerprint density at radius 2 is 2.19 bits per heavy atom. The summed E-state index contributed by atoms with van der Waals surface area (Å²) in [5.41, 5.74) is 0.172. The maximum absolute atomic E-state index is 13.3. The smallest absolute Gasteiger partial charge is 0.181 e. The Hall–Kier alpha value is -1.49. The van der Waals surface area contributed by atoms with Crippen LogP contribution in [0.1, 0.15) is 9.88 Å². The van der Waals surface area contributed by atoms with Crippen molar-refractivity contribution in [1.82, 2.24) is 4.98 Å². The first-order chi connectivity index (χ1) is 7.66. The molecule has 0 bridgehead atoms. The maximum Gasteiger partial charge on any atom is 0.181 e. The Kier molecular flexibility index (Phi) is 3.14. The van der Waals surface area contributed by atoms with Gasteiger partial charge in [0.15, 0.2) is 11.6 Å². The van der Waals surface area contributed by atoms with Gasteiger partial charge in [0.05, 0.1) is 17.2 Å². The van der Waals surface area contributed by atoms with Crippen molar-refractivity contribution in [2.24, 2.45) is 0 Å². The van der Waals surface area contributed by atoms with Crippen LogP contribution in [0.15, 0.2) is 24.4 Å². The van der Waals surface area contributed by atoms with E-state index >= 15 is 0 Å². The minimum Gasteiger partial charge on any atom is -0.378 e. The van der Waals surface area contributed by atoms with Crippen molar-refractivity contribution in [3.8, 4) is 0 Å². The third-order valence-corrected chi connectivity index (χ3v) is 2.99. The van der Waals surface area contributed by atoms with Gasteiger partial charge in [-0.25, -0.2) is 13.8 Å². The minimum absolute atomic E-state index is 0.172. The van der Waals surface area contributed by atoms with E-state index in [1.165, 1.54) is 23.5 Å². The molecule has 1 N–H and O–H groups in total. The van der Waals surface area contributed by atoms with Gasteiger partial charge in [-0.3, -0.25) is 0 Å². The van der Waals surface area contributed by atoms with Crippen LogP contribution in [0.4, 0.5) is 14.5 Å². The van der Waals surface area contributed by atoms with E-state index in [0.717, 1.165) is 16.0 Å². The second-order valence-electron chi connectivity index (χ2n) is 3.30. The number of aryl methyl sites for hydroxylation is 1. The molecular formula is C11H10F2N2S. The summed E-state index contributed by atoms with van der Waals surface area (Å²) < 4.78 is 26.1. The van der Waals surface area contributed by atoms with Crippen molar-refractivity contribution in [2.45, 2.75) is 13.5 Å². The highest BCUT2D eigenvalue weighted by Crippen LogP contribution is 2.19. The van der Waals surface area contributed by atoms with E-state index in [2.05, 4.69) is 10.3 Å². The predicted molar refractivity (Wildman–Crippen MR) is 60.5 cm³/mol. The van der Waals surface area contributed by atoms with Crippen LogP contribution in [-0.4, -0.2) is 4.98 Å². The molecule has 1 aromatic carbocycles. The Morgan fingerprint density at radius 3 is 2.88 bits per heavy atom. The molecule has 0 amide bonds. The molecule has 0 radical (unpaired) electrons. The van der Waals surface area contributed by atoms with Gasteiger partial charge in [0.25, 0.3) is 0 Å². The van der Waals surface area contributed by atoms with Crippen LogP contribution in [0.2, 0.25) is 0 Å². The van der Waals surface area contributed by atoms with Gasteiger partial charge >= 0.3 is 0 Å². The molecule has 0 aliphatic carbocycles. The Morgan fingerprint density at radius 1 is 1.38 bits per heavy atom. The number of halogens is 2.